The Morgan fingerprint density at radius 2 is 1.96 bits per heavy atom. The topological polar surface area (TPSA) is 65.2 Å². The summed E-state index contributed by atoms with van der Waals surface area (Å²) in [5.41, 5.74) is -0.426. The normalized spacial score (nSPS) is 13.0. The van der Waals surface area contributed by atoms with E-state index in [-0.39, 0.29) is 26.9 Å². The minimum Gasteiger partial charge on any atom is -0.449 e. The van der Waals surface area contributed by atoms with Crippen molar-refractivity contribution in [2.75, 3.05) is 0 Å². The third-order valence-electron chi connectivity index (χ3n) is 2.97. The smallest absolute Gasteiger partial charge is 0.340 e. The van der Waals surface area contributed by atoms with E-state index in [1.807, 2.05) is 20.8 Å². The summed E-state index contributed by atoms with van der Waals surface area (Å²) >= 11 is 11.5. The van der Waals surface area contributed by atoms with Crippen molar-refractivity contribution in [3.05, 3.63) is 45.3 Å². The third-order valence-corrected chi connectivity index (χ3v) is 3.58. The molecule has 0 aliphatic carbocycles. The lowest BCUT2D eigenvalue weighted by atomic mass is 9.96. The Morgan fingerprint density at radius 1 is 1.30 bits per heavy atom. The van der Waals surface area contributed by atoms with Crippen LogP contribution in [0.1, 0.15) is 55.9 Å². The van der Waals surface area contributed by atoms with Crippen molar-refractivity contribution in [3.8, 4) is 0 Å². The molecule has 1 atom stereocenters. The number of nitrogens with zero attached hydrogens (tertiary/aromatic N) is 2. The largest absolute Gasteiger partial charge is 0.449 e. The molecule has 0 bridgehead atoms. The van der Waals surface area contributed by atoms with Crippen LogP contribution in [-0.4, -0.2) is 16.1 Å². The predicted octanol–water partition coefficient (Wildman–Crippen LogP) is 4.73. The zero-order chi connectivity index (χ0) is 17.4. The van der Waals surface area contributed by atoms with E-state index in [0.717, 1.165) is 12.1 Å². The minimum absolute atomic E-state index is 0.00508. The summed E-state index contributed by atoms with van der Waals surface area (Å²) in [6.07, 6.45) is -0.805. The summed E-state index contributed by atoms with van der Waals surface area (Å²) in [4.78, 5) is 16.3. The maximum absolute atomic E-state index is 13.5. The van der Waals surface area contributed by atoms with Gasteiger partial charge in [0.1, 0.15) is 5.82 Å². The molecule has 1 aromatic carbocycles. The van der Waals surface area contributed by atoms with Gasteiger partial charge in [-0.05, 0) is 19.1 Å². The van der Waals surface area contributed by atoms with E-state index < -0.39 is 17.9 Å². The molecular formula is C15H15Cl2FN2O3. The quantitative estimate of drug-likeness (QED) is 0.584. The summed E-state index contributed by atoms with van der Waals surface area (Å²) in [7, 11) is 0. The number of rotatable bonds is 3. The Hall–Kier alpha value is -1.66. The molecule has 1 aromatic heterocycles. The zero-order valence-electron chi connectivity index (χ0n) is 13.0. The van der Waals surface area contributed by atoms with Crippen LogP contribution in [0.5, 0.6) is 0 Å². The van der Waals surface area contributed by atoms with E-state index in [1.54, 1.807) is 6.92 Å². The lowest BCUT2D eigenvalue weighted by Gasteiger charge is -2.12. The highest BCUT2D eigenvalue weighted by atomic mass is 35.5. The second kappa shape index (κ2) is 6.45. The lowest BCUT2D eigenvalue weighted by Crippen LogP contribution is -2.14. The number of benzene rings is 1. The van der Waals surface area contributed by atoms with E-state index in [0.29, 0.717) is 5.82 Å². The van der Waals surface area contributed by atoms with Crippen LogP contribution in [0.15, 0.2) is 16.7 Å². The Morgan fingerprint density at radius 3 is 2.52 bits per heavy atom. The Labute approximate surface area is 142 Å². The van der Waals surface area contributed by atoms with Crippen LogP contribution in [0.2, 0.25) is 10.0 Å². The van der Waals surface area contributed by atoms with E-state index in [4.69, 9.17) is 32.5 Å². The van der Waals surface area contributed by atoms with Gasteiger partial charge in [-0.2, -0.15) is 4.98 Å². The molecule has 1 unspecified atom stereocenters. The highest BCUT2D eigenvalue weighted by molar-refractivity contribution is 6.36. The van der Waals surface area contributed by atoms with Crippen LogP contribution >= 0.6 is 23.2 Å². The molecule has 124 valence electrons. The number of hydrogen-bond acceptors (Lipinski definition) is 5. The lowest BCUT2D eigenvalue weighted by molar-refractivity contribution is 0.0265. The second-order valence-electron chi connectivity index (χ2n) is 6.00. The van der Waals surface area contributed by atoms with Crippen LogP contribution in [-0.2, 0) is 10.2 Å². The average molecular weight is 361 g/mol. The number of carbonyl (C=O) groups excluding carboxylic acids is 1. The molecule has 0 radical (unpaired) electrons. The first-order valence-corrected chi connectivity index (χ1v) is 7.55. The van der Waals surface area contributed by atoms with Gasteiger partial charge in [0.05, 0.1) is 15.6 Å². The fourth-order valence-corrected chi connectivity index (χ4v) is 2.12. The molecule has 0 amide bonds. The summed E-state index contributed by atoms with van der Waals surface area (Å²) in [5, 5.41) is 3.67. The highest BCUT2D eigenvalue weighted by Crippen LogP contribution is 2.27. The van der Waals surface area contributed by atoms with Gasteiger partial charge in [0.25, 0.3) is 5.89 Å². The molecular weight excluding hydrogens is 346 g/mol. The molecule has 0 saturated heterocycles. The Balaban J connectivity index is 2.17. The first-order valence-electron chi connectivity index (χ1n) is 6.79. The molecule has 0 aliphatic rings. The second-order valence-corrected chi connectivity index (χ2v) is 6.81. The zero-order valence-corrected chi connectivity index (χ0v) is 14.5. The molecule has 0 aliphatic heterocycles. The first-order chi connectivity index (χ1) is 10.6. The van der Waals surface area contributed by atoms with Gasteiger partial charge in [0.15, 0.2) is 11.9 Å². The number of hydrogen-bond donors (Lipinski definition) is 0. The van der Waals surface area contributed by atoms with Crippen LogP contribution in [0, 0.1) is 5.82 Å². The molecule has 1 heterocycles. The molecule has 0 spiro atoms. The van der Waals surface area contributed by atoms with Crippen LogP contribution < -0.4 is 0 Å². The van der Waals surface area contributed by atoms with Crippen molar-refractivity contribution in [3.63, 3.8) is 0 Å². The number of esters is 1. The third kappa shape index (κ3) is 4.00. The molecule has 2 aromatic rings. The number of carbonyl (C=O) groups is 1. The molecule has 0 N–H and O–H groups in total. The molecule has 0 saturated carbocycles. The summed E-state index contributed by atoms with van der Waals surface area (Å²) in [5.74, 6) is -0.933. The highest BCUT2D eigenvalue weighted by Gasteiger charge is 2.26. The predicted molar refractivity (Wildman–Crippen MR) is 83.2 cm³/mol. The van der Waals surface area contributed by atoms with Crippen LogP contribution in [0.25, 0.3) is 0 Å². The molecule has 8 heteroatoms. The van der Waals surface area contributed by atoms with E-state index in [9.17, 15) is 9.18 Å². The van der Waals surface area contributed by atoms with Gasteiger partial charge in [0, 0.05) is 5.41 Å². The van der Waals surface area contributed by atoms with Crippen molar-refractivity contribution in [2.24, 2.45) is 0 Å². The van der Waals surface area contributed by atoms with E-state index in [1.165, 1.54) is 0 Å². The number of ether oxygens (including phenoxy) is 1. The van der Waals surface area contributed by atoms with Gasteiger partial charge in [-0.25, -0.2) is 9.18 Å². The number of halogens is 3. The molecule has 5 nitrogen and oxygen atoms in total. The molecule has 2 rings (SSSR count). The Bertz CT molecular complexity index is 741. The fourth-order valence-electron chi connectivity index (χ4n) is 1.66. The maximum Gasteiger partial charge on any atom is 0.340 e. The summed E-state index contributed by atoms with van der Waals surface area (Å²) in [6, 6.07) is 2.07. The van der Waals surface area contributed by atoms with Crippen molar-refractivity contribution in [1.29, 1.82) is 0 Å². The summed E-state index contributed by atoms with van der Waals surface area (Å²) < 4.78 is 23.8. The number of aromatic nitrogens is 2. The van der Waals surface area contributed by atoms with E-state index in [2.05, 4.69) is 10.1 Å². The Kier molecular flexibility index (Phi) is 4.96. The maximum atomic E-state index is 13.5. The average Bonchev–Trinajstić information content (AvgIpc) is 2.92. The van der Waals surface area contributed by atoms with Gasteiger partial charge in [0.2, 0.25) is 0 Å². The standard InChI is InChI=1S/C15H15Cl2FN2O3/c1-7(12-19-14(20-23-12)15(2,3)4)22-13(21)8-5-11(18)10(17)6-9(8)16/h5-7H,1-4H3. The summed E-state index contributed by atoms with van der Waals surface area (Å²) in [6.45, 7) is 7.34. The van der Waals surface area contributed by atoms with Gasteiger partial charge in [-0.15, -0.1) is 0 Å². The van der Waals surface area contributed by atoms with Gasteiger partial charge < -0.3 is 9.26 Å². The van der Waals surface area contributed by atoms with Gasteiger partial charge >= 0.3 is 5.97 Å². The first kappa shape index (κ1) is 17.7. The SMILES string of the molecule is CC(OC(=O)c1cc(F)c(Cl)cc1Cl)c1nc(C(C)(C)C)no1. The van der Waals surface area contributed by atoms with E-state index >= 15 is 0 Å². The van der Waals surface area contributed by atoms with Crippen molar-refractivity contribution < 1.29 is 18.4 Å². The van der Waals surface area contributed by atoms with Gasteiger partial charge in [-0.3, -0.25) is 0 Å². The fraction of sp³-hybridized carbons (Fsp3) is 0.400. The minimum atomic E-state index is -0.812. The van der Waals surface area contributed by atoms with Gasteiger partial charge in [-0.1, -0.05) is 49.1 Å². The van der Waals surface area contributed by atoms with Crippen molar-refractivity contribution >= 4 is 29.2 Å². The van der Waals surface area contributed by atoms with Crippen molar-refractivity contribution in [1.82, 2.24) is 10.1 Å². The monoisotopic (exact) mass is 360 g/mol. The molecule has 23 heavy (non-hydrogen) atoms. The van der Waals surface area contributed by atoms with Crippen molar-refractivity contribution in [2.45, 2.75) is 39.2 Å². The van der Waals surface area contributed by atoms with Crippen LogP contribution in [0.3, 0.4) is 0 Å². The van der Waals surface area contributed by atoms with Crippen LogP contribution in [0.4, 0.5) is 4.39 Å². The molecule has 0 fully saturated rings.